The van der Waals surface area contributed by atoms with E-state index in [1.165, 1.54) is 16.8 Å². The molecular weight excluding hydrogens is 368 g/mol. The van der Waals surface area contributed by atoms with Crippen molar-refractivity contribution in [3.63, 3.8) is 0 Å². The Kier molecular flexibility index (Phi) is 4.42. The van der Waals surface area contributed by atoms with Crippen molar-refractivity contribution >= 4 is 38.5 Å². The Labute approximate surface area is 157 Å². The van der Waals surface area contributed by atoms with Crippen LogP contribution >= 0.6 is 11.7 Å². The first-order chi connectivity index (χ1) is 12.5. The van der Waals surface area contributed by atoms with E-state index in [9.17, 15) is 8.42 Å². The zero-order valence-electron chi connectivity index (χ0n) is 14.7. The van der Waals surface area contributed by atoms with Crippen LogP contribution in [0.15, 0.2) is 41.3 Å². The predicted molar refractivity (Wildman–Crippen MR) is 104 cm³/mol. The molecule has 0 atom stereocenters. The smallest absolute Gasteiger partial charge is 0.245 e. The lowest BCUT2D eigenvalue weighted by atomic mass is 10.1. The highest BCUT2D eigenvalue weighted by Crippen LogP contribution is 2.27. The van der Waals surface area contributed by atoms with Gasteiger partial charge in [-0.3, -0.25) is 0 Å². The van der Waals surface area contributed by atoms with Gasteiger partial charge < -0.3 is 4.90 Å². The Bertz CT molecular complexity index is 1050. The SMILES string of the molecule is Cc1ccc(C)c(N2CCN(S(=O)(=O)c3cccc4nsnc34)CC2)c1. The molecule has 8 heteroatoms. The van der Waals surface area contributed by atoms with Gasteiger partial charge in [0.05, 0.1) is 11.7 Å². The Morgan fingerprint density at radius 2 is 1.77 bits per heavy atom. The van der Waals surface area contributed by atoms with Gasteiger partial charge in [0, 0.05) is 31.9 Å². The number of hydrogen-bond acceptors (Lipinski definition) is 6. The molecule has 0 N–H and O–H groups in total. The maximum atomic E-state index is 13.1. The molecule has 0 radical (unpaired) electrons. The maximum Gasteiger partial charge on any atom is 0.245 e. The van der Waals surface area contributed by atoms with Gasteiger partial charge >= 0.3 is 0 Å². The van der Waals surface area contributed by atoms with Crippen LogP contribution in [-0.2, 0) is 10.0 Å². The van der Waals surface area contributed by atoms with Gasteiger partial charge in [-0.05, 0) is 43.2 Å². The molecule has 4 rings (SSSR count). The minimum atomic E-state index is -3.57. The normalized spacial score (nSPS) is 16.3. The number of aryl methyl sites for hydroxylation is 2. The van der Waals surface area contributed by atoms with Gasteiger partial charge in [0.15, 0.2) is 0 Å². The van der Waals surface area contributed by atoms with Gasteiger partial charge in [0.25, 0.3) is 0 Å². The minimum absolute atomic E-state index is 0.254. The van der Waals surface area contributed by atoms with Gasteiger partial charge in [-0.15, -0.1) is 0 Å². The van der Waals surface area contributed by atoms with E-state index in [-0.39, 0.29) is 4.90 Å². The van der Waals surface area contributed by atoms with Crippen molar-refractivity contribution in [3.05, 3.63) is 47.5 Å². The van der Waals surface area contributed by atoms with Crippen molar-refractivity contribution in [2.75, 3.05) is 31.1 Å². The van der Waals surface area contributed by atoms with Crippen molar-refractivity contribution in [2.24, 2.45) is 0 Å². The third-order valence-corrected chi connectivity index (χ3v) is 7.28. The number of piperazine rings is 1. The van der Waals surface area contributed by atoms with Crippen LogP contribution in [-0.4, -0.2) is 47.6 Å². The monoisotopic (exact) mass is 388 g/mol. The molecule has 2 aromatic carbocycles. The number of rotatable bonds is 3. The molecule has 26 heavy (non-hydrogen) atoms. The van der Waals surface area contributed by atoms with Crippen LogP contribution in [0.2, 0.25) is 0 Å². The number of hydrogen-bond donors (Lipinski definition) is 0. The molecule has 1 aliphatic rings. The first-order valence-corrected chi connectivity index (χ1v) is 10.7. The number of anilines is 1. The second kappa shape index (κ2) is 6.61. The first kappa shape index (κ1) is 17.4. The number of benzene rings is 2. The molecule has 0 unspecified atom stereocenters. The Hall–Kier alpha value is -2.03. The largest absolute Gasteiger partial charge is 0.369 e. The third kappa shape index (κ3) is 2.98. The molecule has 1 aliphatic heterocycles. The van der Waals surface area contributed by atoms with Crippen LogP contribution in [0.5, 0.6) is 0 Å². The minimum Gasteiger partial charge on any atom is -0.369 e. The van der Waals surface area contributed by atoms with E-state index in [4.69, 9.17) is 0 Å². The third-order valence-electron chi connectivity index (χ3n) is 4.81. The number of sulfonamides is 1. The number of aromatic nitrogens is 2. The molecule has 0 amide bonds. The topological polar surface area (TPSA) is 66.4 Å². The number of fused-ring (bicyclic) bond motifs is 1. The van der Waals surface area contributed by atoms with Crippen molar-refractivity contribution in [1.82, 2.24) is 13.1 Å². The Balaban J connectivity index is 1.58. The van der Waals surface area contributed by atoms with E-state index in [2.05, 4.69) is 45.7 Å². The average molecular weight is 389 g/mol. The van der Waals surface area contributed by atoms with Crippen molar-refractivity contribution in [1.29, 1.82) is 0 Å². The van der Waals surface area contributed by atoms with Gasteiger partial charge in [-0.1, -0.05) is 18.2 Å². The molecule has 3 aromatic rings. The molecule has 1 saturated heterocycles. The molecule has 0 bridgehead atoms. The summed E-state index contributed by atoms with van der Waals surface area (Å²) < 4.78 is 36.1. The van der Waals surface area contributed by atoms with Crippen molar-refractivity contribution < 1.29 is 8.42 Å². The highest BCUT2D eigenvalue weighted by Gasteiger charge is 2.31. The summed E-state index contributed by atoms with van der Waals surface area (Å²) in [6, 6.07) is 11.5. The molecule has 0 saturated carbocycles. The summed E-state index contributed by atoms with van der Waals surface area (Å²) in [6.45, 7) is 6.44. The Morgan fingerprint density at radius 3 is 2.54 bits per heavy atom. The lowest BCUT2D eigenvalue weighted by Gasteiger charge is -2.36. The molecule has 1 fully saturated rings. The van der Waals surface area contributed by atoms with Gasteiger partial charge in [0.1, 0.15) is 15.9 Å². The van der Waals surface area contributed by atoms with Gasteiger partial charge in [0.2, 0.25) is 10.0 Å². The molecule has 2 heterocycles. The van der Waals surface area contributed by atoms with E-state index in [0.717, 1.165) is 11.7 Å². The fourth-order valence-electron chi connectivity index (χ4n) is 3.36. The highest BCUT2D eigenvalue weighted by atomic mass is 32.2. The molecule has 0 aliphatic carbocycles. The zero-order chi connectivity index (χ0) is 18.3. The molecular formula is C18H20N4O2S2. The lowest BCUT2D eigenvalue weighted by Crippen LogP contribution is -2.48. The van der Waals surface area contributed by atoms with Crippen molar-refractivity contribution in [2.45, 2.75) is 18.7 Å². The standard InChI is InChI=1S/C18H20N4O2S2/c1-13-6-7-14(2)16(12-13)21-8-10-22(11-9-21)26(23,24)17-5-3-4-15-18(17)20-25-19-15/h3-7,12H,8-11H2,1-2H3. The fourth-order valence-corrected chi connectivity index (χ4v) is 5.53. The summed E-state index contributed by atoms with van der Waals surface area (Å²) in [5, 5.41) is 0. The lowest BCUT2D eigenvalue weighted by molar-refractivity contribution is 0.385. The first-order valence-electron chi connectivity index (χ1n) is 8.50. The molecule has 1 aromatic heterocycles. The second-order valence-corrected chi connectivity index (χ2v) is 9.00. The van der Waals surface area contributed by atoms with Gasteiger partial charge in [-0.25, -0.2) is 8.42 Å². The summed E-state index contributed by atoms with van der Waals surface area (Å²) in [5.74, 6) is 0. The van der Waals surface area contributed by atoms with Crippen LogP contribution in [0.25, 0.3) is 11.0 Å². The summed E-state index contributed by atoms with van der Waals surface area (Å²) >= 11 is 1.04. The van der Waals surface area contributed by atoms with E-state index in [0.29, 0.717) is 37.2 Å². The average Bonchev–Trinajstić information content (AvgIpc) is 3.12. The zero-order valence-corrected chi connectivity index (χ0v) is 16.3. The predicted octanol–water partition coefficient (Wildman–Crippen LogP) is 2.82. The highest BCUT2D eigenvalue weighted by molar-refractivity contribution is 7.89. The van der Waals surface area contributed by atoms with Crippen LogP contribution in [0.1, 0.15) is 11.1 Å². The van der Waals surface area contributed by atoms with Crippen LogP contribution in [0.3, 0.4) is 0 Å². The van der Waals surface area contributed by atoms with E-state index >= 15 is 0 Å². The van der Waals surface area contributed by atoms with Gasteiger partial charge in [-0.2, -0.15) is 13.1 Å². The van der Waals surface area contributed by atoms with E-state index in [1.54, 1.807) is 22.5 Å². The van der Waals surface area contributed by atoms with E-state index < -0.39 is 10.0 Å². The summed E-state index contributed by atoms with van der Waals surface area (Å²) in [6.07, 6.45) is 0. The van der Waals surface area contributed by atoms with Crippen LogP contribution in [0.4, 0.5) is 5.69 Å². The molecule has 6 nitrogen and oxygen atoms in total. The van der Waals surface area contributed by atoms with Crippen LogP contribution in [0, 0.1) is 13.8 Å². The van der Waals surface area contributed by atoms with Crippen molar-refractivity contribution in [3.8, 4) is 0 Å². The fraction of sp³-hybridized carbons (Fsp3) is 0.333. The summed E-state index contributed by atoms with van der Waals surface area (Å²) in [7, 11) is -3.57. The van der Waals surface area contributed by atoms with Crippen LogP contribution < -0.4 is 4.90 Å². The molecule has 136 valence electrons. The number of nitrogens with zero attached hydrogens (tertiary/aromatic N) is 4. The Morgan fingerprint density at radius 1 is 1.00 bits per heavy atom. The van der Waals surface area contributed by atoms with E-state index in [1.807, 2.05) is 0 Å². The maximum absolute atomic E-state index is 13.1. The quantitative estimate of drug-likeness (QED) is 0.690. The summed E-state index contributed by atoms with van der Waals surface area (Å²) in [4.78, 5) is 2.52. The second-order valence-electron chi connectivity index (χ2n) is 6.57. The molecule has 0 spiro atoms. The summed E-state index contributed by atoms with van der Waals surface area (Å²) in [5.41, 5.74) is 4.71.